The number of piperazine rings is 1. The molecule has 3 heterocycles. The van der Waals surface area contributed by atoms with E-state index in [1.54, 1.807) is 0 Å². The van der Waals surface area contributed by atoms with Crippen LogP contribution in [-0.2, 0) is 0 Å². The first-order chi connectivity index (χ1) is 15.0. The van der Waals surface area contributed by atoms with E-state index in [0.717, 1.165) is 29.9 Å². The van der Waals surface area contributed by atoms with Gasteiger partial charge in [-0.2, -0.15) is 4.98 Å². The summed E-state index contributed by atoms with van der Waals surface area (Å²) in [7, 11) is 0. The first-order valence-corrected chi connectivity index (χ1v) is 10.8. The second-order valence-corrected chi connectivity index (χ2v) is 8.95. The minimum absolute atomic E-state index is 0.288. The molecule has 2 saturated heterocycles. The van der Waals surface area contributed by atoms with E-state index in [1.165, 1.54) is 54.6 Å². The Hall–Kier alpha value is -3.00. The standard InChI is InChI=1S/C23H24F2N6/c1-14-4-17(27-23-26-13-31(28-23)20-7-15(24)6-16(25)8-20)9-19(5-14)30-12-21-10-22(30)11-29(21)18-2-3-18/h4-9,13,18,21-22H,2-3,10-12H2,1H3,(H,27,28)/t21-,22?/m0/s1. The molecule has 1 unspecified atom stereocenters. The number of nitrogens with one attached hydrogen (secondary N) is 1. The Labute approximate surface area is 179 Å². The molecule has 3 fully saturated rings. The molecule has 2 atom stereocenters. The number of aromatic nitrogens is 3. The van der Waals surface area contributed by atoms with Gasteiger partial charge in [0.15, 0.2) is 0 Å². The summed E-state index contributed by atoms with van der Waals surface area (Å²) in [5.41, 5.74) is 3.57. The van der Waals surface area contributed by atoms with Crippen molar-refractivity contribution in [3.63, 3.8) is 0 Å². The summed E-state index contributed by atoms with van der Waals surface area (Å²) in [6, 6.07) is 11.8. The lowest BCUT2D eigenvalue weighted by atomic mass is 10.1. The monoisotopic (exact) mass is 422 g/mol. The largest absolute Gasteiger partial charge is 0.366 e. The minimum Gasteiger partial charge on any atom is -0.366 e. The highest BCUT2D eigenvalue weighted by Gasteiger charge is 2.48. The molecular formula is C23H24F2N6. The van der Waals surface area contributed by atoms with E-state index >= 15 is 0 Å². The van der Waals surface area contributed by atoms with Crippen molar-refractivity contribution in [2.24, 2.45) is 0 Å². The van der Waals surface area contributed by atoms with Gasteiger partial charge >= 0.3 is 0 Å². The van der Waals surface area contributed by atoms with Gasteiger partial charge in [0.05, 0.1) is 5.69 Å². The molecule has 8 heteroatoms. The van der Waals surface area contributed by atoms with Gasteiger partial charge in [-0.05, 0) is 62.1 Å². The molecule has 31 heavy (non-hydrogen) atoms. The van der Waals surface area contributed by atoms with Crippen LogP contribution in [0.3, 0.4) is 0 Å². The van der Waals surface area contributed by atoms with Crippen molar-refractivity contribution in [1.82, 2.24) is 19.7 Å². The molecule has 2 bridgehead atoms. The van der Waals surface area contributed by atoms with E-state index in [0.29, 0.717) is 18.0 Å². The molecule has 1 N–H and O–H groups in total. The lowest BCUT2D eigenvalue weighted by Gasteiger charge is -2.36. The lowest BCUT2D eigenvalue weighted by molar-refractivity contribution is 0.229. The molecular weight excluding hydrogens is 398 g/mol. The van der Waals surface area contributed by atoms with Gasteiger partial charge in [-0.1, -0.05) is 0 Å². The van der Waals surface area contributed by atoms with Crippen LogP contribution in [-0.4, -0.2) is 50.9 Å². The van der Waals surface area contributed by atoms with Crippen molar-refractivity contribution in [1.29, 1.82) is 0 Å². The number of halogens is 2. The van der Waals surface area contributed by atoms with Crippen molar-refractivity contribution in [2.75, 3.05) is 23.3 Å². The van der Waals surface area contributed by atoms with E-state index in [9.17, 15) is 8.78 Å². The summed E-state index contributed by atoms with van der Waals surface area (Å²) in [6.07, 6.45) is 5.43. The van der Waals surface area contributed by atoms with Crippen LogP contribution in [0.1, 0.15) is 24.8 Å². The van der Waals surface area contributed by atoms with Crippen LogP contribution in [0.2, 0.25) is 0 Å². The van der Waals surface area contributed by atoms with Crippen molar-refractivity contribution >= 4 is 17.3 Å². The van der Waals surface area contributed by atoms with Gasteiger partial charge in [0.1, 0.15) is 18.0 Å². The highest BCUT2D eigenvalue weighted by Crippen LogP contribution is 2.41. The summed E-state index contributed by atoms with van der Waals surface area (Å²) in [4.78, 5) is 9.50. The predicted octanol–water partition coefficient (Wildman–Crippen LogP) is 4.02. The lowest BCUT2D eigenvalue weighted by Crippen LogP contribution is -2.47. The van der Waals surface area contributed by atoms with Gasteiger partial charge in [-0.15, -0.1) is 5.10 Å². The smallest absolute Gasteiger partial charge is 0.246 e. The van der Waals surface area contributed by atoms with E-state index < -0.39 is 11.6 Å². The fourth-order valence-corrected chi connectivity index (χ4v) is 5.11. The third-order valence-electron chi connectivity index (χ3n) is 6.55. The Kier molecular flexibility index (Phi) is 4.24. The molecule has 0 radical (unpaired) electrons. The van der Waals surface area contributed by atoms with Gasteiger partial charge in [-0.3, -0.25) is 4.90 Å². The minimum atomic E-state index is -0.650. The van der Waals surface area contributed by atoms with Crippen LogP contribution in [0.4, 0.5) is 26.1 Å². The van der Waals surface area contributed by atoms with Crippen molar-refractivity contribution in [3.05, 3.63) is 59.9 Å². The van der Waals surface area contributed by atoms with Crippen LogP contribution < -0.4 is 10.2 Å². The molecule has 2 aliphatic heterocycles. The number of hydrogen-bond donors (Lipinski definition) is 1. The highest BCUT2D eigenvalue weighted by molar-refractivity contribution is 5.65. The fraction of sp³-hybridized carbons (Fsp3) is 0.391. The molecule has 6 nitrogen and oxygen atoms in total. The third-order valence-corrected chi connectivity index (χ3v) is 6.55. The van der Waals surface area contributed by atoms with Crippen LogP contribution in [0.15, 0.2) is 42.7 Å². The van der Waals surface area contributed by atoms with Crippen LogP contribution in [0.5, 0.6) is 0 Å². The van der Waals surface area contributed by atoms with Crippen LogP contribution >= 0.6 is 0 Å². The van der Waals surface area contributed by atoms with E-state index in [1.807, 2.05) is 0 Å². The maximum absolute atomic E-state index is 13.5. The molecule has 1 aromatic heterocycles. The zero-order valence-corrected chi connectivity index (χ0v) is 17.3. The van der Waals surface area contributed by atoms with Crippen molar-refractivity contribution in [2.45, 2.75) is 44.3 Å². The van der Waals surface area contributed by atoms with Gasteiger partial charge < -0.3 is 10.2 Å². The maximum Gasteiger partial charge on any atom is 0.246 e. The summed E-state index contributed by atoms with van der Waals surface area (Å²) in [5.74, 6) is -0.920. The SMILES string of the molecule is Cc1cc(Nc2ncn(-c3cc(F)cc(F)c3)n2)cc(N2C[C@@H]3CC2CN3C2CC2)c1. The molecule has 2 aromatic carbocycles. The Balaban J connectivity index is 1.21. The molecule has 160 valence electrons. The number of rotatable bonds is 5. The van der Waals surface area contributed by atoms with Gasteiger partial charge in [-0.25, -0.2) is 13.5 Å². The molecule has 1 saturated carbocycles. The average molecular weight is 422 g/mol. The zero-order valence-electron chi connectivity index (χ0n) is 17.3. The number of likely N-dealkylation sites (tertiary alicyclic amines) is 1. The Morgan fingerprint density at radius 2 is 1.71 bits per heavy atom. The summed E-state index contributed by atoms with van der Waals surface area (Å²) >= 11 is 0. The van der Waals surface area contributed by atoms with Gasteiger partial charge in [0.2, 0.25) is 5.95 Å². The number of benzene rings is 2. The maximum atomic E-state index is 13.5. The molecule has 0 amide bonds. The highest BCUT2D eigenvalue weighted by atomic mass is 19.1. The summed E-state index contributed by atoms with van der Waals surface area (Å²) < 4.78 is 28.4. The van der Waals surface area contributed by atoms with E-state index in [2.05, 4.69) is 50.3 Å². The number of hydrogen-bond acceptors (Lipinski definition) is 5. The molecule has 3 aromatic rings. The average Bonchev–Trinajstić information content (AvgIpc) is 3.14. The van der Waals surface area contributed by atoms with Crippen LogP contribution in [0, 0.1) is 18.6 Å². The fourth-order valence-electron chi connectivity index (χ4n) is 5.11. The summed E-state index contributed by atoms with van der Waals surface area (Å²) in [6.45, 7) is 4.34. The second-order valence-electron chi connectivity index (χ2n) is 8.95. The number of anilines is 3. The molecule has 1 aliphatic carbocycles. The molecule has 3 aliphatic rings. The number of nitrogens with zero attached hydrogens (tertiary/aromatic N) is 5. The van der Waals surface area contributed by atoms with E-state index in [4.69, 9.17) is 0 Å². The number of aryl methyl sites for hydroxylation is 1. The second kappa shape index (κ2) is 7.02. The number of fused-ring (bicyclic) bond motifs is 2. The topological polar surface area (TPSA) is 49.2 Å². The normalized spacial score (nSPS) is 23.0. The third kappa shape index (κ3) is 3.54. The first kappa shape index (κ1) is 18.7. The van der Waals surface area contributed by atoms with Crippen molar-refractivity contribution in [3.8, 4) is 5.69 Å². The molecule has 0 spiro atoms. The van der Waals surface area contributed by atoms with Crippen molar-refractivity contribution < 1.29 is 8.78 Å². The van der Waals surface area contributed by atoms with Gasteiger partial charge in [0.25, 0.3) is 0 Å². The van der Waals surface area contributed by atoms with Crippen LogP contribution in [0.25, 0.3) is 5.69 Å². The van der Waals surface area contributed by atoms with E-state index in [-0.39, 0.29) is 5.69 Å². The van der Waals surface area contributed by atoms with Gasteiger partial charge in [0, 0.05) is 48.7 Å². The Morgan fingerprint density at radius 3 is 2.42 bits per heavy atom. The first-order valence-electron chi connectivity index (χ1n) is 10.8. The molecule has 6 rings (SSSR count). The summed E-state index contributed by atoms with van der Waals surface area (Å²) in [5, 5.41) is 7.57. The zero-order chi connectivity index (χ0) is 21.1. The Morgan fingerprint density at radius 1 is 0.903 bits per heavy atom. The predicted molar refractivity (Wildman–Crippen MR) is 115 cm³/mol. The quantitative estimate of drug-likeness (QED) is 0.673. The Bertz CT molecular complexity index is 1120.